The fourth-order valence-corrected chi connectivity index (χ4v) is 2.99. The molecule has 1 aliphatic heterocycles. The summed E-state index contributed by atoms with van der Waals surface area (Å²) in [6.45, 7) is 2.17. The molecule has 2 heterocycles. The minimum absolute atomic E-state index is 0. The molecule has 118 valence electrons. The number of carbonyl (C=O) groups excluding carboxylic acids is 1. The van der Waals surface area contributed by atoms with Crippen LogP contribution in [0.4, 0.5) is 5.69 Å². The number of hydrogen-bond acceptors (Lipinski definition) is 4. The van der Waals surface area contributed by atoms with Crippen molar-refractivity contribution in [2.45, 2.75) is 6.54 Å². The SMILES string of the molecule is COc1ccc(N(Cc2cccs2)C(=O)C2CNC2)cc1.Cl. The van der Waals surface area contributed by atoms with Crippen molar-refractivity contribution in [3.8, 4) is 5.75 Å². The number of methoxy groups -OCH3 is 1. The average molecular weight is 339 g/mol. The second-order valence-corrected chi connectivity index (χ2v) is 6.09. The Balaban J connectivity index is 0.00000176. The summed E-state index contributed by atoms with van der Waals surface area (Å²) >= 11 is 1.67. The Morgan fingerprint density at radius 1 is 1.32 bits per heavy atom. The molecule has 4 nitrogen and oxygen atoms in total. The lowest BCUT2D eigenvalue weighted by Gasteiger charge is -2.32. The minimum atomic E-state index is 0. The molecule has 1 N–H and O–H groups in total. The van der Waals surface area contributed by atoms with Gasteiger partial charge in [0.15, 0.2) is 0 Å². The summed E-state index contributed by atoms with van der Waals surface area (Å²) in [5, 5.41) is 5.20. The number of amides is 1. The number of thiophene rings is 1. The van der Waals surface area contributed by atoms with Crippen LogP contribution in [0.5, 0.6) is 5.75 Å². The number of halogens is 1. The van der Waals surface area contributed by atoms with E-state index in [1.807, 2.05) is 40.6 Å². The van der Waals surface area contributed by atoms with Gasteiger partial charge >= 0.3 is 0 Å². The molecule has 3 rings (SSSR count). The quantitative estimate of drug-likeness (QED) is 0.911. The molecule has 1 saturated heterocycles. The lowest BCUT2D eigenvalue weighted by Crippen LogP contribution is -2.52. The maximum Gasteiger partial charge on any atom is 0.233 e. The summed E-state index contributed by atoms with van der Waals surface area (Å²) in [6, 6.07) is 11.7. The smallest absolute Gasteiger partial charge is 0.233 e. The molecular weight excluding hydrogens is 320 g/mol. The van der Waals surface area contributed by atoms with Gasteiger partial charge < -0.3 is 15.0 Å². The summed E-state index contributed by atoms with van der Waals surface area (Å²) in [4.78, 5) is 15.7. The maximum atomic E-state index is 12.7. The number of benzene rings is 1. The van der Waals surface area contributed by atoms with Gasteiger partial charge in [-0.2, -0.15) is 0 Å². The molecule has 0 spiro atoms. The van der Waals surface area contributed by atoms with Crippen molar-refractivity contribution in [3.05, 3.63) is 46.7 Å². The van der Waals surface area contributed by atoms with Crippen molar-refractivity contribution >= 4 is 35.3 Å². The van der Waals surface area contributed by atoms with E-state index in [0.29, 0.717) is 6.54 Å². The van der Waals surface area contributed by atoms with Gasteiger partial charge in [-0.1, -0.05) is 6.07 Å². The van der Waals surface area contributed by atoms with Crippen molar-refractivity contribution in [1.29, 1.82) is 0 Å². The van der Waals surface area contributed by atoms with E-state index < -0.39 is 0 Å². The number of nitrogens with zero attached hydrogens (tertiary/aromatic N) is 1. The molecule has 0 radical (unpaired) electrons. The predicted octanol–water partition coefficient (Wildman–Crippen LogP) is 2.93. The molecule has 22 heavy (non-hydrogen) atoms. The lowest BCUT2D eigenvalue weighted by atomic mass is 10.0. The number of hydrogen-bond donors (Lipinski definition) is 1. The number of ether oxygens (including phenoxy) is 1. The van der Waals surface area contributed by atoms with E-state index in [1.165, 1.54) is 4.88 Å². The Hall–Kier alpha value is -1.56. The van der Waals surface area contributed by atoms with Crippen LogP contribution < -0.4 is 15.0 Å². The van der Waals surface area contributed by atoms with E-state index in [2.05, 4.69) is 11.4 Å². The van der Waals surface area contributed by atoms with Crippen molar-refractivity contribution in [1.82, 2.24) is 5.32 Å². The van der Waals surface area contributed by atoms with Crippen LogP contribution >= 0.6 is 23.7 Å². The molecule has 2 aromatic rings. The predicted molar refractivity (Wildman–Crippen MR) is 92.1 cm³/mol. The van der Waals surface area contributed by atoms with Gasteiger partial charge in [-0.3, -0.25) is 4.79 Å². The fraction of sp³-hybridized carbons (Fsp3) is 0.312. The lowest BCUT2D eigenvalue weighted by molar-refractivity contribution is -0.123. The van der Waals surface area contributed by atoms with Crippen LogP contribution in [0.25, 0.3) is 0 Å². The van der Waals surface area contributed by atoms with Gasteiger partial charge in [-0.05, 0) is 35.7 Å². The second kappa shape index (κ2) is 7.63. The van der Waals surface area contributed by atoms with Gasteiger partial charge in [0.1, 0.15) is 5.75 Å². The highest BCUT2D eigenvalue weighted by Crippen LogP contribution is 2.25. The fourth-order valence-electron chi connectivity index (χ4n) is 2.30. The molecule has 1 aromatic heterocycles. The van der Waals surface area contributed by atoms with E-state index in [4.69, 9.17) is 4.74 Å². The zero-order valence-corrected chi connectivity index (χ0v) is 14.0. The van der Waals surface area contributed by atoms with Crippen LogP contribution in [-0.2, 0) is 11.3 Å². The van der Waals surface area contributed by atoms with Crippen molar-refractivity contribution in [2.24, 2.45) is 5.92 Å². The summed E-state index contributed by atoms with van der Waals surface area (Å²) < 4.78 is 5.18. The molecule has 1 aromatic carbocycles. The van der Waals surface area contributed by atoms with Gasteiger partial charge in [0.25, 0.3) is 0 Å². The minimum Gasteiger partial charge on any atom is -0.497 e. The van der Waals surface area contributed by atoms with Crippen LogP contribution in [-0.4, -0.2) is 26.1 Å². The summed E-state index contributed by atoms with van der Waals surface area (Å²) in [5.41, 5.74) is 0.918. The molecule has 0 saturated carbocycles. The second-order valence-electron chi connectivity index (χ2n) is 5.06. The molecule has 0 aliphatic carbocycles. The number of rotatable bonds is 5. The van der Waals surface area contributed by atoms with Gasteiger partial charge in [0, 0.05) is 23.7 Å². The van der Waals surface area contributed by atoms with Crippen LogP contribution in [0.15, 0.2) is 41.8 Å². The number of nitrogens with one attached hydrogen (secondary N) is 1. The molecule has 6 heteroatoms. The highest BCUT2D eigenvalue weighted by molar-refractivity contribution is 7.09. The van der Waals surface area contributed by atoms with Crippen molar-refractivity contribution in [2.75, 3.05) is 25.1 Å². The van der Waals surface area contributed by atoms with Crippen molar-refractivity contribution in [3.63, 3.8) is 0 Å². The van der Waals surface area contributed by atoms with Gasteiger partial charge in [-0.25, -0.2) is 0 Å². The molecule has 1 amide bonds. The molecule has 1 aliphatic rings. The molecule has 0 unspecified atom stereocenters. The number of carbonyl (C=O) groups is 1. The standard InChI is InChI=1S/C16H18N2O2S.ClH/c1-20-14-6-4-13(5-7-14)18(11-15-3-2-8-21-15)16(19)12-9-17-10-12;/h2-8,12,17H,9-11H2,1H3;1H. The van der Waals surface area contributed by atoms with E-state index in [9.17, 15) is 4.79 Å². The summed E-state index contributed by atoms with van der Waals surface area (Å²) in [5.74, 6) is 1.08. The van der Waals surface area contributed by atoms with E-state index in [1.54, 1.807) is 18.4 Å². The third kappa shape index (κ3) is 3.61. The number of anilines is 1. The zero-order valence-electron chi connectivity index (χ0n) is 12.3. The first-order chi connectivity index (χ1) is 10.3. The highest BCUT2D eigenvalue weighted by atomic mass is 35.5. The van der Waals surface area contributed by atoms with Crippen LogP contribution in [0, 0.1) is 5.92 Å². The largest absolute Gasteiger partial charge is 0.497 e. The Morgan fingerprint density at radius 2 is 2.05 bits per heavy atom. The Morgan fingerprint density at radius 3 is 2.55 bits per heavy atom. The Kier molecular flexibility index (Phi) is 5.83. The van der Waals surface area contributed by atoms with Crippen LogP contribution in [0.2, 0.25) is 0 Å². The summed E-state index contributed by atoms with van der Waals surface area (Å²) in [6.07, 6.45) is 0. The third-order valence-corrected chi connectivity index (χ3v) is 4.54. The maximum absolute atomic E-state index is 12.7. The molecule has 1 fully saturated rings. The van der Waals surface area contributed by atoms with Gasteiger partial charge in [0.05, 0.1) is 19.6 Å². The van der Waals surface area contributed by atoms with E-state index in [0.717, 1.165) is 24.5 Å². The Labute approximate surface area is 140 Å². The topological polar surface area (TPSA) is 41.6 Å². The van der Waals surface area contributed by atoms with Gasteiger partial charge in [0.2, 0.25) is 5.91 Å². The summed E-state index contributed by atoms with van der Waals surface area (Å²) in [7, 11) is 1.64. The van der Waals surface area contributed by atoms with Gasteiger partial charge in [-0.15, -0.1) is 23.7 Å². The normalized spacial score (nSPS) is 13.9. The highest BCUT2D eigenvalue weighted by Gasteiger charge is 2.30. The third-order valence-electron chi connectivity index (χ3n) is 3.67. The first kappa shape index (κ1) is 16.8. The van der Waals surface area contributed by atoms with Crippen LogP contribution in [0.3, 0.4) is 0 Å². The first-order valence-electron chi connectivity index (χ1n) is 6.96. The molecule has 0 atom stereocenters. The Bertz CT molecular complexity index is 597. The van der Waals surface area contributed by atoms with Crippen LogP contribution in [0.1, 0.15) is 4.88 Å². The monoisotopic (exact) mass is 338 g/mol. The van der Waals surface area contributed by atoms with E-state index >= 15 is 0 Å². The first-order valence-corrected chi connectivity index (χ1v) is 7.84. The van der Waals surface area contributed by atoms with Crippen molar-refractivity contribution < 1.29 is 9.53 Å². The molecule has 0 bridgehead atoms. The van der Waals surface area contributed by atoms with E-state index in [-0.39, 0.29) is 24.2 Å². The molecular formula is C16H19ClN2O2S. The average Bonchev–Trinajstić information content (AvgIpc) is 2.96. The zero-order chi connectivity index (χ0) is 14.7.